The Morgan fingerprint density at radius 1 is 1.50 bits per heavy atom. The molecule has 0 saturated heterocycles. The molecule has 6 heteroatoms. The molecule has 0 saturated carbocycles. The standard InChI is InChI=1S/C6H9Cl3O3/c1-3(5(11)12-2)4(10)6(7,8)9/h3-4,10H,1-2H3. The number of methoxy groups -OCH3 is 1. The lowest BCUT2D eigenvalue weighted by molar-refractivity contribution is -0.148. The number of aliphatic hydroxyl groups is 1. The first-order valence-electron chi connectivity index (χ1n) is 3.13. The van der Waals surface area contributed by atoms with Crippen LogP contribution in [-0.4, -0.2) is 28.1 Å². The van der Waals surface area contributed by atoms with Crippen LogP contribution in [0.2, 0.25) is 0 Å². The number of aliphatic hydroxyl groups excluding tert-OH is 1. The summed E-state index contributed by atoms with van der Waals surface area (Å²) >= 11 is 16.1. The number of hydrogen-bond donors (Lipinski definition) is 1. The topological polar surface area (TPSA) is 46.5 Å². The minimum absolute atomic E-state index is 0.617. The van der Waals surface area contributed by atoms with Crippen molar-refractivity contribution >= 4 is 40.8 Å². The lowest BCUT2D eigenvalue weighted by Gasteiger charge is -2.22. The molecule has 72 valence electrons. The number of esters is 1. The highest BCUT2D eigenvalue weighted by molar-refractivity contribution is 6.68. The minimum atomic E-state index is -1.87. The average molecular weight is 235 g/mol. The quantitative estimate of drug-likeness (QED) is 0.583. The highest BCUT2D eigenvalue weighted by Gasteiger charge is 2.38. The van der Waals surface area contributed by atoms with Gasteiger partial charge < -0.3 is 9.84 Å². The Kier molecular flexibility index (Phi) is 4.62. The fraction of sp³-hybridized carbons (Fsp3) is 0.833. The van der Waals surface area contributed by atoms with Crippen molar-refractivity contribution < 1.29 is 14.6 Å². The summed E-state index contributed by atoms with van der Waals surface area (Å²) in [6, 6.07) is 0. The Balaban J connectivity index is 4.29. The molecule has 0 bridgehead atoms. The molecule has 0 heterocycles. The largest absolute Gasteiger partial charge is 0.469 e. The lowest BCUT2D eigenvalue weighted by Crippen LogP contribution is -2.36. The van der Waals surface area contributed by atoms with E-state index in [4.69, 9.17) is 34.8 Å². The molecule has 0 amide bonds. The van der Waals surface area contributed by atoms with Gasteiger partial charge in [0.2, 0.25) is 3.79 Å². The van der Waals surface area contributed by atoms with Crippen molar-refractivity contribution in [1.82, 2.24) is 0 Å². The smallest absolute Gasteiger partial charge is 0.311 e. The fourth-order valence-electron chi connectivity index (χ4n) is 0.598. The van der Waals surface area contributed by atoms with E-state index in [0.29, 0.717) is 0 Å². The van der Waals surface area contributed by atoms with Gasteiger partial charge in [0.15, 0.2) is 0 Å². The highest BCUT2D eigenvalue weighted by Crippen LogP contribution is 2.34. The second-order valence-electron chi connectivity index (χ2n) is 2.30. The van der Waals surface area contributed by atoms with Crippen molar-refractivity contribution in [3.05, 3.63) is 0 Å². The predicted molar refractivity (Wildman–Crippen MR) is 47.5 cm³/mol. The first-order valence-corrected chi connectivity index (χ1v) is 4.26. The van der Waals surface area contributed by atoms with E-state index < -0.39 is 21.8 Å². The van der Waals surface area contributed by atoms with Crippen LogP contribution in [0.4, 0.5) is 0 Å². The Bertz CT molecular complexity index is 166. The van der Waals surface area contributed by atoms with E-state index in [1.165, 1.54) is 14.0 Å². The Morgan fingerprint density at radius 3 is 2.17 bits per heavy atom. The highest BCUT2D eigenvalue weighted by atomic mass is 35.6. The van der Waals surface area contributed by atoms with Crippen LogP contribution in [0.3, 0.4) is 0 Å². The zero-order valence-electron chi connectivity index (χ0n) is 6.55. The summed E-state index contributed by atoms with van der Waals surface area (Å²) in [5.41, 5.74) is 0. The molecule has 0 radical (unpaired) electrons. The molecule has 0 fully saturated rings. The number of carbonyl (C=O) groups is 1. The van der Waals surface area contributed by atoms with Gasteiger partial charge in [-0.25, -0.2) is 0 Å². The van der Waals surface area contributed by atoms with Crippen LogP contribution in [0.1, 0.15) is 6.92 Å². The van der Waals surface area contributed by atoms with Crippen molar-refractivity contribution in [2.45, 2.75) is 16.8 Å². The molecule has 3 nitrogen and oxygen atoms in total. The van der Waals surface area contributed by atoms with Gasteiger partial charge in [-0.2, -0.15) is 0 Å². The van der Waals surface area contributed by atoms with Gasteiger partial charge in [0.05, 0.1) is 13.0 Å². The van der Waals surface area contributed by atoms with Crippen LogP contribution < -0.4 is 0 Å². The maximum atomic E-state index is 10.8. The molecular formula is C6H9Cl3O3. The van der Waals surface area contributed by atoms with Gasteiger partial charge in [-0.05, 0) is 6.92 Å². The van der Waals surface area contributed by atoms with Gasteiger partial charge in [-0.15, -0.1) is 0 Å². The molecule has 0 aliphatic heterocycles. The third-order valence-corrected chi connectivity index (χ3v) is 2.05. The first kappa shape index (κ1) is 12.3. The van der Waals surface area contributed by atoms with Crippen LogP contribution in [0.5, 0.6) is 0 Å². The Morgan fingerprint density at radius 2 is 1.92 bits per heavy atom. The number of alkyl halides is 3. The third kappa shape index (κ3) is 3.35. The van der Waals surface area contributed by atoms with Crippen molar-refractivity contribution in [3.8, 4) is 0 Å². The van der Waals surface area contributed by atoms with Gasteiger partial charge in [0.25, 0.3) is 0 Å². The summed E-state index contributed by atoms with van der Waals surface area (Å²) in [4.78, 5) is 10.8. The molecule has 0 aromatic carbocycles. The molecule has 0 aliphatic rings. The molecule has 0 aliphatic carbocycles. The van der Waals surface area contributed by atoms with Gasteiger partial charge >= 0.3 is 5.97 Å². The van der Waals surface area contributed by atoms with Crippen molar-refractivity contribution in [2.24, 2.45) is 5.92 Å². The van der Waals surface area contributed by atoms with Gasteiger partial charge in [-0.3, -0.25) is 4.79 Å². The Hall–Kier alpha value is 0.300. The van der Waals surface area contributed by atoms with Crippen molar-refractivity contribution in [1.29, 1.82) is 0 Å². The zero-order valence-corrected chi connectivity index (χ0v) is 8.82. The number of carbonyl (C=O) groups excluding carboxylic acids is 1. The summed E-state index contributed by atoms with van der Waals surface area (Å²) in [7, 11) is 1.20. The number of ether oxygens (including phenoxy) is 1. The minimum Gasteiger partial charge on any atom is -0.469 e. The average Bonchev–Trinajstić information content (AvgIpc) is 1.98. The van der Waals surface area contributed by atoms with Gasteiger partial charge in [0, 0.05) is 0 Å². The maximum Gasteiger partial charge on any atom is 0.311 e. The molecule has 0 spiro atoms. The summed E-state index contributed by atoms with van der Waals surface area (Å²) in [6.45, 7) is 1.42. The summed E-state index contributed by atoms with van der Waals surface area (Å²) in [5, 5.41) is 9.26. The van der Waals surface area contributed by atoms with E-state index in [1.54, 1.807) is 0 Å². The van der Waals surface area contributed by atoms with E-state index in [9.17, 15) is 9.90 Å². The second-order valence-corrected chi connectivity index (χ2v) is 4.67. The SMILES string of the molecule is COC(=O)C(C)C(O)C(Cl)(Cl)Cl. The van der Waals surface area contributed by atoms with E-state index in [0.717, 1.165) is 0 Å². The van der Waals surface area contributed by atoms with Crippen molar-refractivity contribution in [2.75, 3.05) is 7.11 Å². The normalized spacial score (nSPS) is 16.8. The lowest BCUT2D eigenvalue weighted by atomic mass is 10.1. The summed E-state index contributed by atoms with van der Waals surface area (Å²) in [5.74, 6) is -1.48. The number of halogens is 3. The van der Waals surface area contributed by atoms with E-state index in [1.807, 2.05) is 0 Å². The zero-order chi connectivity index (χ0) is 9.94. The third-order valence-electron chi connectivity index (χ3n) is 1.38. The summed E-state index contributed by atoms with van der Waals surface area (Å²) < 4.78 is 2.49. The van der Waals surface area contributed by atoms with Crippen LogP contribution in [0.15, 0.2) is 0 Å². The monoisotopic (exact) mass is 234 g/mol. The van der Waals surface area contributed by atoms with E-state index in [-0.39, 0.29) is 0 Å². The van der Waals surface area contributed by atoms with Crippen LogP contribution in [0, 0.1) is 5.92 Å². The molecule has 2 unspecified atom stereocenters. The van der Waals surface area contributed by atoms with Crippen LogP contribution in [-0.2, 0) is 9.53 Å². The van der Waals surface area contributed by atoms with E-state index in [2.05, 4.69) is 4.74 Å². The van der Waals surface area contributed by atoms with Gasteiger partial charge in [0.1, 0.15) is 6.10 Å². The molecule has 2 atom stereocenters. The van der Waals surface area contributed by atoms with Gasteiger partial charge in [-0.1, -0.05) is 34.8 Å². The Labute approximate surface area is 85.5 Å². The molecular weight excluding hydrogens is 226 g/mol. The van der Waals surface area contributed by atoms with Crippen LogP contribution in [0.25, 0.3) is 0 Å². The maximum absolute atomic E-state index is 10.8. The summed E-state index contributed by atoms with van der Waals surface area (Å²) in [6.07, 6.45) is -1.37. The molecule has 12 heavy (non-hydrogen) atoms. The first-order chi connectivity index (χ1) is 5.30. The molecule has 1 N–H and O–H groups in total. The molecule has 0 rings (SSSR count). The van der Waals surface area contributed by atoms with Crippen molar-refractivity contribution in [3.63, 3.8) is 0 Å². The predicted octanol–water partition coefficient (Wildman–Crippen LogP) is 1.53. The van der Waals surface area contributed by atoms with E-state index >= 15 is 0 Å². The number of rotatable bonds is 2. The number of hydrogen-bond acceptors (Lipinski definition) is 3. The second kappa shape index (κ2) is 4.51. The van der Waals surface area contributed by atoms with Crippen LogP contribution >= 0.6 is 34.8 Å². The fourth-order valence-corrected chi connectivity index (χ4v) is 1.17. The molecule has 0 aromatic rings. The molecule has 0 aromatic heterocycles.